The standard InChI is InChI=1S/C32H30ClN5O/c1-4-27-26-20-37(32(39)34-28-19-24(33)16-15-22(28)3)30(23-11-8-10-21(2)18-23)29-14-9-17-36(29)31(26)38(35-27)25-12-6-5-7-13-25/h5-19,30H,4,20H2,1-3H3,(H,34,39). The fourth-order valence-electron chi connectivity index (χ4n) is 5.46. The van der Waals surface area contributed by atoms with Crippen molar-refractivity contribution in [1.29, 1.82) is 0 Å². The third kappa shape index (κ3) is 4.51. The van der Waals surface area contributed by atoms with E-state index in [1.165, 1.54) is 0 Å². The maximum Gasteiger partial charge on any atom is 0.322 e. The summed E-state index contributed by atoms with van der Waals surface area (Å²) in [5, 5.41) is 8.77. The molecule has 6 rings (SSSR count). The molecule has 7 heteroatoms. The Labute approximate surface area is 233 Å². The number of benzene rings is 3. The number of carbonyl (C=O) groups is 1. The summed E-state index contributed by atoms with van der Waals surface area (Å²) >= 11 is 6.29. The topological polar surface area (TPSA) is 55.1 Å². The van der Waals surface area contributed by atoms with Crippen molar-refractivity contribution >= 4 is 23.3 Å². The summed E-state index contributed by atoms with van der Waals surface area (Å²) < 4.78 is 4.20. The van der Waals surface area contributed by atoms with Crippen LogP contribution in [0, 0.1) is 13.8 Å². The van der Waals surface area contributed by atoms with Crippen LogP contribution in [0.3, 0.4) is 0 Å². The minimum absolute atomic E-state index is 0.193. The Morgan fingerprint density at radius 1 is 1.00 bits per heavy atom. The molecule has 2 amide bonds. The van der Waals surface area contributed by atoms with Crippen LogP contribution in [0.1, 0.15) is 46.6 Å². The van der Waals surface area contributed by atoms with E-state index in [-0.39, 0.29) is 12.1 Å². The Hall–Kier alpha value is -4.29. The van der Waals surface area contributed by atoms with Gasteiger partial charge in [-0.25, -0.2) is 9.48 Å². The highest BCUT2D eigenvalue weighted by molar-refractivity contribution is 6.31. The molecule has 3 heterocycles. The summed E-state index contributed by atoms with van der Waals surface area (Å²) in [6, 6.07) is 27.7. The quantitative estimate of drug-likeness (QED) is 0.257. The van der Waals surface area contributed by atoms with Crippen LogP contribution in [0.2, 0.25) is 5.02 Å². The van der Waals surface area contributed by atoms with E-state index in [9.17, 15) is 4.79 Å². The minimum Gasteiger partial charge on any atom is -0.307 e. The van der Waals surface area contributed by atoms with Crippen molar-refractivity contribution in [2.45, 2.75) is 39.8 Å². The molecule has 0 spiro atoms. The molecule has 5 aromatic rings. The van der Waals surface area contributed by atoms with Gasteiger partial charge in [0, 0.05) is 22.5 Å². The van der Waals surface area contributed by atoms with Crippen molar-refractivity contribution in [2.75, 3.05) is 5.32 Å². The van der Waals surface area contributed by atoms with Crippen LogP contribution in [0.25, 0.3) is 11.5 Å². The lowest BCUT2D eigenvalue weighted by Crippen LogP contribution is -2.38. The molecule has 0 saturated carbocycles. The average Bonchev–Trinajstić information content (AvgIpc) is 3.52. The molecule has 0 bridgehead atoms. The van der Waals surface area contributed by atoms with E-state index < -0.39 is 0 Å². The van der Waals surface area contributed by atoms with Crippen molar-refractivity contribution in [3.63, 3.8) is 0 Å². The monoisotopic (exact) mass is 535 g/mol. The minimum atomic E-state index is -0.319. The zero-order chi connectivity index (χ0) is 27.1. The SMILES string of the molecule is CCc1nn(-c2ccccc2)c2c1CN(C(=O)Nc1cc(Cl)ccc1C)C(c1cccc(C)c1)c1cccn1-2. The lowest BCUT2D eigenvalue weighted by Gasteiger charge is -2.31. The van der Waals surface area contributed by atoms with Crippen LogP contribution in [0.15, 0.2) is 91.1 Å². The summed E-state index contributed by atoms with van der Waals surface area (Å²) in [4.78, 5) is 16.1. The van der Waals surface area contributed by atoms with Crippen molar-refractivity contribution in [2.24, 2.45) is 0 Å². The van der Waals surface area contributed by atoms with Gasteiger partial charge in [0.25, 0.3) is 0 Å². The maximum atomic E-state index is 14.2. The number of rotatable bonds is 4. The van der Waals surface area contributed by atoms with Crippen LogP contribution in [0.4, 0.5) is 10.5 Å². The Morgan fingerprint density at radius 2 is 1.82 bits per heavy atom. The highest BCUT2D eigenvalue weighted by Crippen LogP contribution is 2.39. The first-order valence-corrected chi connectivity index (χ1v) is 13.6. The number of urea groups is 1. The number of nitrogens with zero attached hydrogens (tertiary/aromatic N) is 4. The number of carbonyl (C=O) groups excluding carboxylic acids is 1. The molecular formula is C32H30ClN5O. The van der Waals surface area contributed by atoms with Gasteiger partial charge in [0.05, 0.1) is 29.7 Å². The van der Waals surface area contributed by atoms with E-state index >= 15 is 0 Å². The predicted octanol–water partition coefficient (Wildman–Crippen LogP) is 7.63. The zero-order valence-corrected chi connectivity index (χ0v) is 23.0. The Bertz CT molecular complexity index is 1670. The Kier molecular flexibility index (Phi) is 6.49. The maximum absolute atomic E-state index is 14.2. The number of hydrogen-bond acceptors (Lipinski definition) is 2. The molecule has 2 aromatic heterocycles. The van der Waals surface area contributed by atoms with Gasteiger partial charge in [-0.2, -0.15) is 5.10 Å². The number of aromatic nitrogens is 3. The molecule has 1 atom stereocenters. The number of hydrogen-bond donors (Lipinski definition) is 1. The normalized spacial score (nSPS) is 14.5. The molecule has 0 saturated heterocycles. The first-order chi connectivity index (χ1) is 18.9. The van der Waals surface area contributed by atoms with Gasteiger partial charge >= 0.3 is 6.03 Å². The van der Waals surface area contributed by atoms with E-state index in [0.29, 0.717) is 17.3 Å². The fourth-order valence-corrected chi connectivity index (χ4v) is 5.63. The van der Waals surface area contributed by atoms with Crippen LogP contribution in [0.5, 0.6) is 0 Å². The molecule has 196 valence electrons. The van der Waals surface area contributed by atoms with Gasteiger partial charge in [0.15, 0.2) is 0 Å². The van der Waals surface area contributed by atoms with Gasteiger partial charge < -0.3 is 14.8 Å². The number of fused-ring (bicyclic) bond motifs is 3. The molecule has 6 nitrogen and oxygen atoms in total. The Balaban J connectivity index is 1.56. The van der Waals surface area contributed by atoms with Gasteiger partial charge in [-0.1, -0.05) is 72.6 Å². The molecule has 39 heavy (non-hydrogen) atoms. The van der Waals surface area contributed by atoms with Crippen molar-refractivity contribution in [3.05, 3.63) is 130 Å². The molecule has 0 fully saturated rings. The number of anilines is 1. The largest absolute Gasteiger partial charge is 0.322 e. The van der Waals surface area contributed by atoms with Gasteiger partial charge in [-0.05, 0) is 67.8 Å². The number of halogens is 1. The second-order valence-corrected chi connectivity index (χ2v) is 10.4. The van der Waals surface area contributed by atoms with Gasteiger partial charge in [-0.15, -0.1) is 0 Å². The summed E-state index contributed by atoms with van der Waals surface area (Å²) in [6.07, 6.45) is 2.82. The van der Waals surface area contributed by atoms with Crippen LogP contribution < -0.4 is 5.32 Å². The van der Waals surface area contributed by atoms with Crippen LogP contribution in [-0.4, -0.2) is 25.3 Å². The number of amides is 2. The zero-order valence-electron chi connectivity index (χ0n) is 22.2. The molecular weight excluding hydrogens is 506 g/mol. The summed E-state index contributed by atoms with van der Waals surface area (Å²) in [5.74, 6) is 0.963. The second kappa shape index (κ2) is 10.1. The molecule has 0 aliphatic carbocycles. The molecule has 1 N–H and O–H groups in total. The first-order valence-electron chi connectivity index (χ1n) is 13.2. The summed E-state index contributed by atoms with van der Waals surface area (Å²) in [7, 11) is 0. The lowest BCUT2D eigenvalue weighted by molar-refractivity contribution is 0.194. The third-order valence-corrected chi connectivity index (χ3v) is 7.60. The van der Waals surface area contributed by atoms with Gasteiger partial charge in [-0.3, -0.25) is 0 Å². The second-order valence-electron chi connectivity index (χ2n) is 9.99. The van der Waals surface area contributed by atoms with Gasteiger partial charge in [0.2, 0.25) is 0 Å². The van der Waals surface area contributed by atoms with Gasteiger partial charge in [0.1, 0.15) is 5.82 Å². The first kappa shape index (κ1) is 25.0. The van der Waals surface area contributed by atoms with Crippen molar-refractivity contribution < 1.29 is 4.79 Å². The van der Waals surface area contributed by atoms with Crippen molar-refractivity contribution in [3.8, 4) is 11.5 Å². The number of aryl methyl sites for hydroxylation is 3. The highest BCUT2D eigenvalue weighted by atomic mass is 35.5. The summed E-state index contributed by atoms with van der Waals surface area (Å²) in [5.41, 5.74) is 7.82. The number of para-hydroxylation sites is 1. The lowest BCUT2D eigenvalue weighted by atomic mass is 10.00. The smallest absolute Gasteiger partial charge is 0.307 e. The highest BCUT2D eigenvalue weighted by Gasteiger charge is 2.36. The number of nitrogens with one attached hydrogen (secondary N) is 1. The predicted molar refractivity (Wildman–Crippen MR) is 156 cm³/mol. The van der Waals surface area contributed by atoms with E-state index in [4.69, 9.17) is 16.7 Å². The third-order valence-electron chi connectivity index (χ3n) is 7.36. The fraction of sp³-hybridized carbons (Fsp3) is 0.188. The van der Waals surface area contributed by atoms with E-state index in [1.54, 1.807) is 6.07 Å². The van der Waals surface area contributed by atoms with Crippen molar-refractivity contribution in [1.82, 2.24) is 19.2 Å². The molecule has 1 aliphatic rings. The molecule has 1 aliphatic heterocycles. The average molecular weight is 536 g/mol. The molecule has 3 aromatic carbocycles. The van der Waals surface area contributed by atoms with E-state index in [2.05, 4.69) is 72.4 Å². The summed E-state index contributed by atoms with van der Waals surface area (Å²) in [6.45, 7) is 6.55. The van der Waals surface area contributed by atoms with Crippen LogP contribution >= 0.6 is 11.6 Å². The molecule has 1 unspecified atom stereocenters. The van der Waals surface area contributed by atoms with Crippen LogP contribution in [-0.2, 0) is 13.0 Å². The molecule has 0 radical (unpaired) electrons. The van der Waals surface area contributed by atoms with E-state index in [0.717, 1.165) is 51.6 Å². The Morgan fingerprint density at radius 3 is 2.59 bits per heavy atom. The van der Waals surface area contributed by atoms with E-state index in [1.807, 2.05) is 52.9 Å².